The third-order valence-corrected chi connectivity index (χ3v) is 1.46. The van der Waals surface area contributed by atoms with Gasteiger partial charge in [0, 0.05) is 11.9 Å². The van der Waals surface area contributed by atoms with E-state index in [-0.39, 0.29) is 0 Å². The highest BCUT2D eigenvalue weighted by molar-refractivity contribution is 5.52. The summed E-state index contributed by atoms with van der Waals surface area (Å²) < 4.78 is 0. The SMILES string of the molecule is C=C/C=C\c1cccnc1C.CC.CCC. The number of pyridine rings is 1. The van der Waals surface area contributed by atoms with Crippen molar-refractivity contribution in [2.75, 3.05) is 0 Å². The van der Waals surface area contributed by atoms with E-state index in [9.17, 15) is 0 Å². The topological polar surface area (TPSA) is 12.9 Å². The smallest absolute Gasteiger partial charge is 0.0444 e. The van der Waals surface area contributed by atoms with Crippen LogP contribution >= 0.6 is 0 Å². The number of rotatable bonds is 2. The van der Waals surface area contributed by atoms with Crippen LogP contribution in [0, 0.1) is 6.92 Å². The highest BCUT2D eigenvalue weighted by Crippen LogP contribution is 2.05. The van der Waals surface area contributed by atoms with Gasteiger partial charge in [-0.3, -0.25) is 4.98 Å². The predicted molar refractivity (Wildman–Crippen MR) is 75.5 cm³/mol. The van der Waals surface area contributed by atoms with E-state index in [1.807, 2.05) is 45.1 Å². The van der Waals surface area contributed by atoms with Gasteiger partial charge in [-0.15, -0.1) is 0 Å². The van der Waals surface area contributed by atoms with E-state index in [0.29, 0.717) is 0 Å². The van der Waals surface area contributed by atoms with Crippen LogP contribution in [0.1, 0.15) is 45.4 Å². The molecule has 0 radical (unpaired) electrons. The Bertz CT molecular complexity index is 287. The average molecular weight is 219 g/mol. The van der Waals surface area contributed by atoms with Gasteiger partial charge in [-0.05, 0) is 18.6 Å². The van der Waals surface area contributed by atoms with Gasteiger partial charge in [-0.1, -0.05) is 65.0 Å². The first kappa shape index (κ1) is 17.0. The summed E-state index contributed by atoms with van der Waals surface area (Å²) in [7, 11) is 0. The summed E-state index contributed by atoms with van der Waals surface area (Å²) in [5.41, 5.74) is 2.19. The third kappa shape index (κ3) is 9.20. The number of hydrogen-bond donors (Lipinski definition) is 0. The van der Waals surface area contributed by atoms with E-state index in [1.165, 1.54) is 6.42 Å². The van der Waals surface area contributed by atoms with Gasteiger partial charge in [0.05, 0.1) is 0 Å². The van der Waals surface area contributed by atoms with Gasteiger partial charge in [0.15, 0.2) is 0 Å². The zero-order valence-electron chi connectivity index (χ0n) is 11.3. The summed E-state index contributed by atoms with van der Waals surface area (Å²) >= 11 is 0. The number of aromatic nitrogens is 1. The minimum absolute atomic E-state index is 1.05. The summed E-state index contributed by atoms with van der Waals surface area (Å²) in [5.74, 6) is 0. The zero-order valence-corrected chi connectivity index (χ0v) is 11.3. The van der Waals surface area contributed by atoms with Gasteiger partial charge >= 0.3 is 0 Å². The second kappa shape index (κ2) is 13.6. The highest BCUT2D eigenvalue weighted by atomic mass is 14.7. The van der Waals surface area contributed by atoms with Gasteiger partial charge in [0.2, 0.25) is 0 Å². The summed E-state index contributed by atoms with van der Waals surface area (Å²) in [6.45, 7) is 13.8. The summed E-state index contributed by atoms with van der Waals surface area (Å²) in [4.78, 5) is 4.15. The van der Waals surface area contributed by atoms with Crippen LogP contribution in [-0.4, -0.2) is 4.98 Å². The first-order chi connectivity index (χ1) is 7.76. The van der Waals surface area contributed by atoms with Gasteiger partial charge in [0.1, 0.15) is 0 Å². The maximum atomic E-state index is 4.15. The maximum absolute atomic E-state index is 4.15. The Kier molecular flexibility index (Phi) is 14.5. The van der Waals surface area contributed by atoms with Crippen LogP contribution < -0.4 is 0 Å². The fourth-order valence-corrected chi connectivity index (χ4v) is 0.845. The molecule has 0 unspecified atom stereocenters. The van der Waals surface area contributed by atoms with Crippen LogP contribution in [0.2, 0.25) is 0 Å². The molecular weight excluding hydrogens is 194 g/mol. The maximum Gasteiger partial charge on any atom is 0.0444 e. The molecule has 0 aliphatic heterocycles. The Morgan fingerprint density at radius 3 is 2.31 bits per heavy atom. The molecule has 0 spiro atoms. The molecule has 0 aliphatic carbocycles. The molecule has 1 heterocycles. The first-order valence-electron chi connectivity index (χ1n) is 5.96. The van der Waals surface area contributed by atoms with Crippen molar-refractivity contribution in [2.24, 2.45) is 0 Å². The lowest BCUT2D eigenvalue weighted by atomic mass is 10.2. The van der Waals surface area contributed by atoms with Crippen LogP contribution in [0.5, 0.6) is 0 Å². The monoisotopic (exact) mass is 219 g/mol. The lowest BCUT2D eigenvalue weighted by Crippen LogP contribution is -1.82. The van der Waals surface area contributed by atoms with Crippen LogP contribution in [-0.2, 0) is 0 Å². The second-order valence-electron chi connectivity index (χ2n) is 2.98. The van der Waals surface area contributed by atoms with Crippen molar-refractivity contribution in [1.29, 1.82) is 0 Å². The minimum atomic E-state index is 1.05. The fourth-order valence-electron chi connectivity index (χ4n) is 0.845. The van der Waals surface area contributed by atoms with Crippen molar-refractivity contribution in [3.8, 4) is 0 Å². The largest absolute Gasteiger partial charge is 0.261 e. The lowest BCUT2D eigenvalue weighted by molar-refractivity contribution is 1.09. The predicted octanol–water partition coefficient (Wildman–Crippen LogP) is 5.03. The Morgan fingerprint density at radius 2 is 1.88 bits per heavy atom. The number of nitrogens with zero attached hydrogens (tertiary/aromatic N) is 1. The summed E-state index contributed by atoms with van der Waals surface area (Å²) in [6.07, 6.45) is 8.70. The van der Waals surface area contributed by atoms with E-state index in [0.717, 1.165) is 11.3 Å². The van der Waals surface area contributed by atoms with Gasteiger partial charge in [0.25, 0.3) is 0 Å². The molecule has 1 aromatic rings. The van der Waals surface area contributed by atoms with E-state index >= 15 is 0 Å². The molecular formula is C15H25N. The van der Waals surface area contributed by atoms with Crippen molar-refractivity contribution in [3.63, 3.8) is 0 Å². The normalized spacial score (nSPS) is 8.56. The molecule has 0 aliphatic rings. The fraction of sp³-hybridized carbons (Fsp3) is 0.400. The molecule has 1 nitrogen and oxygen atoms in total. The zero-order chi connectivity index (χ0) is 12.8. The van der Waals surface area contributed by atoms with Crippen molar-refractivity contribution >= 4 is 6.08 Å². The van der Waals surface area contributed by atoms with E-state index in [1.54, 1.807) is 12.3 Å². The average Bonchev–Trinajstić information content (AvgIpc) is 2.32. The molecule has 0 fully saturated rings. The molecule has 0 atom stereocenters. The molecule has 0 saturated heterocycles. The molecule has 0 bridgehead atoms. The molecule has 0 saturated carbocycles. The van der Waals surface area contributed by atoms with E-state index < -0.39 is 0 Å². The van der Waals surface area contributed by atoms with Gasteiger partial charge in [-0.2, -0.15) is 0 Å². The van der Waals surface area contributed by atoms with Crippen molar-refractivity contribution in [1.82, 2.24) is 4.98 Å². The molecule has 90 valence electrons. The van der Waals surface area contributed by atoms with Gasteiger partial charge < -0.3 is 0 Å². The Balaban J connectivity index is 0. The summed E-state index contributed by atoms with van der Waals surface area (Å²) in [6, 6.07) is 3.96. The number of hydrogen-bond acceptors (Lipinski definition) is 1. The Morgan fingerprint density at radius 1 is 1.31 bits per heavy atom. The standard InChI is InChI=1S/C10H11N.C3H8.C2H6/c1-3-4-6-10-7-5-8-11-9(10)2;1-3-2;1-2/h3-8H,1H2,2H3;3H2,1-2H3;1-2H3/b6-4-;;. The molecule has 0 aromatic carbocycles. The number of allylic oxidation sites excluding steroid dienone is 2. The van der Waals surface area contributed by atoms with E-state index in [2.05, 4.69) is 25.4 Å². The minimum Gasteiger partial charge on any atom is -0.261 e. The van der Waals surface area contributed by atoms with Crippen LogP contribution in [0.15, 0.2) is 37.1 Å². The van der Waals surface area contributed by atoms with Crippen LogP contribution in [0.25, 0.3) is 6.08 Å². The Labute approximate surface area is 101 Å². The van der Waals surface area contributed by atoms with Crippen molar-refractivity contribution in [2.45, 2.75) is 41.0 Å². The molecule has 16 heavy (non-hydrogen) atoms. The van der Waals surface area contributed by atoms with Gasteiger partial charge in [-0.25, -0.2) is 0 Å². The molecule has 1 rings (SSSR count). The van der Waals surface area contributed by atoms with Crippen molar-refractivity contribution in [3.05, 3.63) is 48.3 Å². The highest BCUT2D eigenvalue weighted by Gasteiger charge is 1.89. The summed E-state index contributed by atoms with van der Waals surface area (Å²) in [5, 5.41) is 0. The quantitative estimate of drug-likeness (QED) is 0.636. The molecule has 0 N–H and O–H groups in total. The number of aryl methyl sites for hydroxylation is 1. The van der Waals surface area contributed by atoms with Crippen LogP contribution in [0.3, 0.4) is 0 Å². The van der Waals surface area contributed by atoms with Crippen LogP contribution in [0.4, 0.5) is 0 Å². The Hall–Kier alpha value is -1.37. The third-order valence-electron chi connectivity index (χ3n) is 1.46. The first-order valence-corrected chi connectivity index (χ1v) is 5.96. The molecule has 1 aromatic heterocycles. The van der Waals surface area contributed by atoms with E-state index in [4.69, 9.17) is 0 Å². The molecule has 0 amide bonds. The second-order valence-corrected chi connectivity index (χ2v) is 2.98. The molecule has 1 heteroatoms. The van der Waals surface area contributed by atoms with Crippen molar-refractivity contribution < 1.29 is 0 Å². The lowest BCUT2D eigenvalue weighted by Gasteiger charge is -1.95.